The maximum atomic E-state index is 9.52. The molecule has 0 saturated carbocycles. The molecule has 234 valence electrons. The molecule has 10 aromatic rings. The van der Waals surface area contributed by atoms with E-state index in [0.29, 0.717) is 0 Å². The summed E-state index contributed by atoms with van der Waals surface area (Å²) in [6.45, 7) is 0. The van der Waals surface area contributed by atoms with Crippen LogP contribution >= 0.6 is 0 Å². The lowest BCUT2D eigenvalue weighted by Crippen LogP contribution is -2.00. The fraction of sp³-hybridized carbons (Fsp3) is 0. The fourth-order valence-electron chi connectivity index (χ4n) is 5.37. The first-order valence-corrected chi connectivity index (χ1v) is 14.4. The summed E-state index contributed by atoms with van der Waals surface area (Å²) in [6, 6.07) is -23.9. The van der Waals surface area contributed by atoms with E-state index in [-0.39, 0.29) is 0 Å². The standard InChI is InChI=1S/C45H27N3O2/c1-3-12-28(13-4-1)33-27-26-32(41-35-17-8-10-20-38(35)50-42(33)41)29-22-24-31(25-23-29)44-46-43(30-14-5-2-6-15-30)47-45(48-44)36-18-11-21-39-40(36)34-16-7-9-19-37(34)49-39/h1-27H/i1D,2D,3D,4D,5D,6D,7D,8D,9D,10D,11D,12D,13D,14D,15D,16D,17D,18D,19D,20D,21D,22D,23D,24D,25D,26D,27D. The summed E-state index contributed by atoms with van der Waals surface area (Å²) in [4.78, 5) is 13.0. The molecule has 0 N–H and O–H groups in total. The third-order valence-electron chi connectivity index (χ3n) is 7.50. The first kappa shape index (κ1) is 12.2. The second kappa shape index (κ2) is 11.4. The first-order chi connectivity index (χ1) is 36.0. The summed E-state index contributed by atoms with van der Waals surface area (Å²) in [5, 5.41) is -1.96. The van der Waals surface area contributed by atoms with Gasteiger partial charge >= 0.3 is 0 Å². The Labute approximate surface area is 325 Å². The van der Waals surface area contributed by atoms with Gasteiger partial charge in [-0.3, -0.25) is 0 Å². The number of aromatic nitrogens is 3. The van der Waals surface area contributed by atoms with E-state index in [4.69, 9.17) is 37.6 Å². The molecule has 0 bridgehead atoms. The number of benzene rings is 7. The van der Waals surface area contributed by atoms with Crippen LogP contribution in [0.15, 0.2) is 172 Å². The molecule has 0 spiro atoms. The molecule has 7 aromatic carbocycles. The minimum Gasteiger partial charge on any atom is -0.456 e. The van der Waals surface area contributed by atoms with Crippen LogP contribution in [0.4, 0.5) is 0 Å². The molecule has 0 amide bonds. The fourth-order valence-corrected chi connectivity index (χ4v) is 5.37. The molecule has 0 fully saturated rings. The average Bonchev–Trinajstić information content (AvgIpc) is 4.24. The van der Waals surface area contributed by atoms with Crippen LogP contribution in [0.5, 0.6) is 0 Å². The third kappa shape index (κ3) is 4.60. The SMILES string of the molecule is [2H]c1c([2H])c([2H])c(-c2nc(-c3c([2H])c([2H])c(-c4c([2H])c([2H])c(-c5c([2H])c([2H])c([2H])c([2H])c5[2H])c5oc6c([2H])c([2H])c([2H])c([2H])c6c45)c([2H])c3[2H])nc(-c3c([2H])c([2H])c([2H])c4oc5c([2H])c([2H])c([2H])c([2H])c5c34)n2)c([2H])c1[2H]. The first-order valence-electron chi connectivity index (χ1n) is 27.9. The Balaban J connectivity index is 1.36. The molecule has 3 aromatic heterocycles. The van der Waals surface area contributed by atoms with Crippen molar-refractivity contribution < 1.29 is 45.8 Å². The highest BCUT2D eigenvalue weighted by Gasteiger charge is 2.19. The van der Waals surface area contributed by atoms with E-state index in [1.54, 1.807) is 0 Å². The lowest BCUT2D eigenvalue weighted by Gasteiger charge is -2.11. The topological polar surface area (TPSA) is 65.0 Å². The molecule has 0 radical (unpaired) electrons. The van der Waals surface area contributed by atoms with Gasteiger partial charge in [0.25, 0.3) is 0 Å². The molecule has 5 nitrogen and oxygen atoms in total. The molecule has 10 rings (SSSR count). The normalized spacial score (nSPS) is 19.2. The van der Waals surface area contributed by atoms with Gasteiger partial charge in [0.2, 0.25) is 0 Å². The maximum Gasteiger partial charge on any atom is 0.164 e. The van der Waals surface area contributed by atoms with Crippen molar-refractivity contribution >= 4 is 43.9 Å². The lowest BCUT2D eigenvalue weighted by molar-refractivity contribution is 0.669. The van der Waals surface area contributed by atoms with Crippen molar-refractivity contribution in [3.8, 4) is 56.4 Å². The quantitative estimate of drug-likeness (QED) is 0.183. The smallest absolute Gasteiger partial charge is 0.164 e. The maximum absolute atomic E-state index is 9.52. The van der Waals surface area contributed by atoms with Crippen LogP contribution in [0.1, 0.15) is 37.0 Å². The Hall–Kier alpha value is -6.85. The van der Waals surface area contributed by atoms with Gasteiger partial charge in [0.15, 0.2) is 17.5 Å². The Morgan fingerprint density at radius 3 is 1.56 bits per heavy atom. The molecule has 50 heavy (non-hydrogen) atoms. The molecule has 0 atom stereocenters. The number of nitrogens with zero attached hydrogens (tertiary/aromatic N) is 3. The number of para-hydroxylation sites is 2. The van der Waals surface area contributed by atoms with Gasteiger partial charge in [0.05, 0.1) is 37.0 Å². The molecular formula is C45H27N3O2. The van der Waals surface area contributed by atoms with Crippen LogP contribution in [0.25, 0.3) is 100 Å². The van der Waals surface area contributed by atoms with Crippen molar-refractivity contribution in [1.82, 2.24) is 15.0 Å². The van der Waals surface area contributed by atoms with Crippen molar-refractivity contribution in [2.24, 2.45) is 0 Å². The van der Waals surface area contributed by atoms with Gasteiger partial charge in [0, 0.05) is 43.8 Å². The third-order valence-corrected chi connectivity index (χ3v) is 7.50. The number of furan rings is 2. The zero-order valence-electron chi connectivity index (χ0n) is 51.7. The Kier molecular flexibility index (Phi) is 2.79. The van der Waals surface area contributed by atoms with Gasteiger partial charge in [0.1, 0.15) is 22.3 Å². The number of hydrogen-bond donors (Lipinski definition) is 0. The molecular weight excluding hydrogens is 615 g/mol. The van der Waals surface area contributed by atoms with Crippen LogP contribution in [0, 0.1) is 0 Å². The summed E-state index contributed by atoms with van der Waals surface area (Å²) >= 11 is 0. The van der Waals surface area contributed by atoms with Gasteiger partial charge in [-0.25, -0.2) is 15.0 Å². The zero-order chi connectivity index (χ0) is 56.5. The van der Waals surface area contributed by atoms with Crippen LogP contribution in [-0.2, 0) is 0 Å². The number of rotatable bonds is 5. The molecule has 0 saturated heterocycles. The molecule has 0 aliphatic carbocycles. The van der Waals surface area contributed by atoms with Crippen molar-refractivity contribution in [3.63, 3.8) is 0 Å². The van der Waals surface area contributed by atoms with Crippen LogP contribution in [0.2, 0.25) is 0 Å². The van der Waals surface area contributed by atoms with E-state index in [0.717, 1.165) is 0 Å². The largest absolute Gasteiger partial charge is 0.456 e. The van der Waals surface area contributed by atoms with Crippen molar-refractivity contribution in [2.75, 3.05) is 0 Å². The van der Waals surface area contributed by atoms with Crippen molar-refractivity contribution in [2.45, 2.75) is 0 Å². The second-order valence-corrected chi connectivity index (χ2v) is 10.3. The Bertz CT molecular complexity index is 4350. The Morgan fingerprint density at radius 1 is 0.340 bits per heavy atom. The highest BCUT2D eigenvalue weighted by atomic mass is 16.3. The predicted molar refractivity (Wildman–Crippen MR) is 202 cm³/mol. The molecule has 5 heteroatoms. The van der Waals surface area contributed by atoms with Crippen LogP contribution in [-0.4, -0.2) is 15.0 Å². The highest BCUT2D eigenvalue weighted by molar-refractivity contribution is 6.16. The minimum atomic E-state index is -1.07. The van der Waals surface area contributed by atoms with E-state index >= 15 is 0 Å². The van der Waals surface area contributed by atoms with E-state index in [1.165, 1.54) is 0 Å². The van der Waals surface area contributed by atoms with E-state index in [1.807, 2.05) is 0 Å². The van der Waals surface area contributed by atoms with E-state index in [2.05, 4.69) is 15.0 Å². The van der Waals surface area contributed by atoms with Crippen LogP contribution in [0.3, 0.4) is 0 Å². The summed E-state index contributed by atoms with van der Waals surface area (Å²) in [5.41, 5.74) is -7.51. The molecule has 0 unspecified atom stereocenters. The van der Waals surface area contributed by atoms with Gasteiger partial charge in [-0.1, -0.05) is 139 Å². The molecule has 0 aliphatic heterocycles. The van der Waals surface area contributed by atoms with Gasteiger partial charge < -0.3 is 8.83 Å². The highest BCUT2D eigenvalue weighted by Crippen LogP contribution is 2.42. The van der Waals surface area contributed by atoms with Gasteiger partial charge in [-0.15, -0.1) is 0 Å². The summed E-state index contributed by atoms with van der Waals surface area (Å²) in [5.74, 6) is -2.52. The van der Waals surface area contributed by atoms with E-state index < -0.39 is 263 Å². The second-order valence-electron chi connectivity index (χ2n) is 10.3. The summed E-state index contributed by atoms with van der Waals surface area (Å²) in [7, 11) is 0. The lowest BCUT2D eigenvalue weighted by atomic mass is 9.94. The monoisotopic (exact) mass is 668 g/mol. The minimum absolute atomic E-state index is 0.427. The number of fused-ring (bicyclic) bond motifs is 6. The van der Waals surface area contributed by atoms with E-state index in [9.17, 15) is 8.22 Å². The summed E-state index contributed by atoms with van der Waals surface area (Å²) in [6.07, 6.45) is 0. The summed E-state index contributed by atoms with van der Waals surface area (Å²) < 4.78 is 249. The molecule has 0 aliphatic rings. The zero-order valence-corrected chi connectivity index (χ0v) is 24.7. The predicted octanol–water partition coefficient (Wildman–Crippen LogP) is 12.0. The van der Waals surface area contributed by atoms with Gasteiger partial charge in [-0.05, 0) is 40.9 Å². The van der Waals surface area contributed by atoms with Crippen molar-refractivity contribution in [3.05, 3.63) is 163 Å². The van der Waals surface area contributed by atoms with Crippen molar-refractivity contribution in [1.29, 1.82) is 0 Å². The average molecular weight is 669 g/mol. The van der Waals surface area contributed by atoms with Crippen LogP contribution < -0.4 is 0 Å². The van der Waals surface area contributed by atoms with Gasteiger partial charge in [-0.2, -0.15) is 0 Å². The molecule has 3 heterocycles. The Morgan fingerprint density at radius 2 is 0.840 bits per heavy atom. The number of hydrogen-bond acceptors (Lipinski definition) is 5.